The van der Waals surface area contributed by atoms with E-state index in [0.717, 1.165) is 35.3 Å². The molecule has 2 atom stereocenters. The van der Waals surface area contributed by atoms with Gasteiger partial charge < -0.3 is 9.64 Å². The molecule has 0 saturated carbocycles. The van der Waals surface area contributed by atoms with Crippen molar-refractivity contribution < 1.29 is 9.53 Å². The van der Waals surface area contributed by atoms with Crippen LogP contribution in [-0.4, -0.2) is 39.3 Å². The number of rotatable bonds is 3. The van der Waals surface area contributed by atoms with Gasteiger partial charge in [-0.1, -0.05) is 23.7 Å². The van der Waals surface area contributed by atoms with Crippen molar-refractivity contribution in [2.24, 2.45) is 0 Å². The summed E-state index contributed by atoms with van der Waals surface area (Å²) in [5.41, 5.74) is 4.76. The van der Waals surface area contributed by atoms with E-state index in [1.807, 2.05) is 53.9 Å². The standard InChI is InChI=1S/C23H22ClN3O2/c1-14-17(12-16-4-6-18(7-5-16)27-10-3-9-25-27)13-19-22(21(14)24)29-20-8-11-26(15(20)2)23(19)28/h3-7,9-10,13,15,20H,8,11-12H2,1-2H3/t15-,20+/m0/s1. The molecule has 0 aliphatic carbocycles. The van der Waals surface area contributed by atoms with Crippen LogP contribution < -0.4 is 4.74 Å². The average Bonchev–Trinajstić information content (AvgIpc) is 3.36. The summed E-state index contributed by atoms with van der Waals surface area (Å²) in [7, 11) is 0. The van der Waals surface area contributed by atoms with Gasteiger partial charge in [0, 0.05) is 25.4 Å². The predicted molar refractivity (Wildman–Crippen MR) is 112 cm³/mol. The van der Waals surface area contributed by atoms with E-state index in [0.29, 0.717) is 22.8 Å². The van der Waals surface area contributed by atoms with E-state index in [1.54, 1.807) is 6.20 Å². The fourth-order valence-electron chi connectivity index (χ4n) is 4.31. The van der Waals surface area contributed by atoms with E-state index in [1.165, 1.54) is 0 Å². The number of ether oxygens (including phenoxy) is 1. The highest BCUT2D eigenvalue weighted by molar-refractivity contribution is 6.33. The largest absolute Gasteiger partial charge is 0.486 e. The SMILES string of the molecule is Cc1c(Cc2ccc(-n3cccn3)cc2)cc2c(c1Cl)O[C@@H]1CCN(C2=O)[C@H]1C. The average molecular weight is 408 g/mol. The van der Waals surface area contributed by atoms with Crippen molar-refractivity contribution >= 4 is 17.5 Å². The number of carbonyl (C=O) groups excluding carboxylic acids is 1. The van der Waals surface area contributed by atoms with Crippen LogP contribution in [0.15, 0.2) is 48.8 Å². The first-order chi connectivity index (χ1) is 14.0. The Balaban J connectivity index is 1.49. The van der Waals surface area contributed by atoms with Gasteiger partial charge in [-0.2, -0.15) is 5.10 Å². The second-order valence-corrected chi connectivity index (χ2v) is 8.21. The lowest BCUT2D eigenvalue weighted by molar-refractivity contribution is 0.0730. The van der Waals surface area contributed by atoms with Crippen LogP contribution in [0, 0.1) is 6.92 Å². The van der Waals surface area contributed by atoms with Crippen LogP contribution in [0.25, 0.3) is 5.69 Å². The zero-order valence-electron chi connectivity index (χ0n) is 16.4. The van der Waals surface area contributed by atoms with E-state index in [4.69, 9.17) is 16.3 Å². The molecule has 6 heteroatoms. The molecule has 1 fully saturated rings. The first kappa shape index (κ1) is 18.3. The van der Waals surface area contributed by atoms with Crippen LogP contribution in [0.5, 0.6) is 5.75 Å². The third-order valence-corrected chi connectivity index (χ3v) is 6.57. The molecular formula is C23H22ClN3O2. The number of hydrogen-bond donors (Lipinski definition) is 0. The summed E-state index contributed by atoms with van der Waals surface area (Å²) in [5, 5.41) is 4.81. The first-order valence-corrected chi connectivity index (χ1v) is 10.3. The molecule has 3 aromatic rings. The normalized spacial score (nSPS) is 20.4. The van der Waals surface area contributed by atoms with Crippen LogP contribution in [0.3, 0.4) is 0 Å². The molecule has 2 bridgehead atoms. The van der Waals surface area contributed by atoms with Crippen molar-refractivity contribution in [2.45, 2.75) is 38.8 Å². The molecule has 0 N–H and O–H groups in total. The zero-order valence-corrected chi connectivity index (χ0v) is 17.2. The van der Waals surface area contributed by atoms with Crippen molar-refractivity contribution in [3.8, 4) is 11.4 Å². The van der Waals surface area contributed by atoms with Crippen LogP contribution in [0.4, 0.5) is 0 Å². The Labute approximate surface area is 174 Å². The maximum absolute atomic E-state index is 13.1. The maximum Gasteiger partial charge on any atom is 0.258 e. The summed E-state index contributed by atoms with van der Waals surface area (Å²) in [6, 6.07) is 12.2. The third-order valence-electron chi connectivity index (χ3n) is 6.12. The van der Waals surface area contributed by atoms with E-state index in [-0.39, 0.29) is 18.1 Å². The molecule has 0 unspecified atom stereocenters. The number of carbonyl (C=O) groups is 1. The molecule has 0 spiro atoms. The minimum atomic E-state index is 0.0118. The summed E-state index contributed by atoms with van der Waals surface area (Å²) < 4.78 is 8.03. The number of hydrogen-bond acceptors (Lipinski definition) is 3. The predicted octanol–water partition coefficient (Wildman–Crippen LogP) is 4.42. The molecule has 1 saturated heterocycles. The van der Waals surface area contributed by atoms with Crippen LogP contribution in [0.2, 0.25) is 5.02 Å². The fraction of sp³-hybridized carbons (Fsp3) is 0.304. The van der Waals surface area contributed by atoms with Gasteiger partial charge in [-0.25, -0.2) is 4.68 Å². The lowest BCUT2D eigenvalue weighted by atomic mass is 9.96. The summed E-state index contributed by atoms with van der Waals surface area (Å²) >= 11 is 6.69. The van der Waals surface area contributed by atoms with Gasteiger partial charge in [-0.15, -0.1) is 0 Å². The second kappa shape index (κ2) is 6.92. The number of fused-ring (bicyclic) bond motifs is 3. The Morgan fingerprint density at radius 1 is 1.28 bits per heavy atom. The minimum Gasteiger partial charge on any atom is -0.486 e. The summed E-state index contributed by atoms with van der Waals surface area (Å²) in [5.74, 6) is 0.565. The quantitative estimate of drug-likeness (QED) is 0.645. The maximum atomic E-state index is 13.1. The highest BCUT2D eigenvalue weighted by Gasteiger charge is 2.41. The van der Waals surface area contributed by atoms with Gasteiger partial charge in [0.25, 0.3) is 5.91 Å². The van der Waals surface area contributed by atoms with Gasteiger partial charge in [0.2, 0.25) is 0 Å². The molecule has 2 aliphatic rings. The molecule has 2 aromatic carbocycles. The molecule has 1 aromatic heterocycles. The fourth-order valence-corrected chi connectivity index (χ4v) is 4.57. The van der Waals surface area contributed by atoms with Crippen LogP contribution in [-0.2, 0) is 6.42 Å². The molecule has 5 nitrogen and oxygen atoms in total. The Hall–Kier alpha value is -2.79. The Morgan fingerprint density at radius 3 is 2.79 bits per heavy atom. The third kappa shape index (κ3) is 3.01. The second-order valence-electron chi connectivity index (χ2n) is 7.83. The molecule has 29 heavy (non-hydrogen) atoms. The van der Waals surface area contributed by atoms with Gasteiger partial charge in [0.1, 0.15) is 6.10 Å². The van der Waals surface area contributed by atoms with E-state index >= 15 is 0 Å². The van der Waals surface area contributed by atoms with Crippen molar-refractivity contribution in [1.82, 2.24) is 14.7 Å². The van der Waals surface area contributed by atoms with Gasteiger partial charge >= 0.3 is 0 Å². The van der Waals surface area contributed by atoms with Crippen molar-refractivity contribution in [2.75, 3.05) is 6.54 Å². The zero-order chi connectivity index (χ0) is 20.1. The smallest absolute Gasteiger partial charge is 0.258 e. The van der Waals surface area contributed by atoms with Gasteiger partial charge in [0.15, 0.2) is 5.75 Å². The van der Waals surface area contributed by atoms with Crippen molar-refractivity contribution in [1.29, 1.82) is 0 Å². The molecule has 0 radical (unpaired) electrons. The minimum absolute atomic E-state index is 0.0118. The van der Waals surface area contributed by atoms with Gasteiger partial charge in [-0.05, 0) is 61.2 Å². The van der Waals surface area contributed by atoms with E-state index in [2.05, 4.69) is 17.2 Å². The summed E-state index contributed by atoms with van der Waals surface area (Å²) in [6.45, 7) is 4.78. The van der Waals surface area contributed by atoms with E-state index in [9.17, 15) is 4.79 Å². The summed E-state index contributed by atoms with van der Waals surface area (Å²) in [4.78, 5) is 15.0. The lowest BCUT2D eigenvalue weighted by Crippen LogP contribution is -2.36. The highest BCUT2D eigenvalue weighted by Crippen LogP contribution is 2.41. The van der Waals surface area contributed by atoms with Crippen molar-refractivity contribution in [3.63, 3.8) is 0 Å². The number of halogens is 1. The van der Waals surface area contributed by atoms with Crippen LogP contribution in [0.1, 0.15) is 40.4 Å². The molecule has 3 heterocycles. The molecule has 148 valence electrons. The lowest BCUT2D eigenvalue weighted by Gasteiger charge is -2.20. The highest BCUT2D eigenvalue weighted by atomic mass is 35.5. The van der Waals surface area contributed by atoms with Crippen LogP contribution >= 0.6 is 11.6 Å². The van der Waals surface area contributed by atoms with Gasteiger partial charge in [-0.3, -0.25) is 4.79 Å². The molecular weight excluding hydrogens is 386 g/mol. The molecule has 1 amide bonds. The Morgan fingerprint density at radius 2 is 2.07 bits per heavy atom. The van der Waals surface area contributed by atoms with E-state index < -0.39 is 0 Å². The van der Waals surface area contributed by atoms with Crippen molar-refractivity contribution in [3.05, 3.63) is 76.1 Å². The Kier molecular flexibility index (Phi) is 4.36. The van der Waals surface area contributed by atoms with Gasteiger partial charge in [0.05, 0.1) is 22.3 Å². The number of nitrogens with zero attached hydrogens (tertiary/aromatic N) is 3. The molecule has 2 aliphatic heterocycles. The first-order valence-electron chi connectivity index (χ1n) is 9.91. The number of benzene rings is 2. The molecule has 5 rings (SSSR count). The Bertz CT molecular complexity index is 1080. The number of amides is 1. The monoisotopic (exact) mass is 407 g/mol. The topological polar surface area (TPSA) is 47.4 Å². The summed E-state index contributed by atoms with van der Waals surface area (Å²) in [6.07, 6.45) is 5.24. The number of aromatic nitrogens is 2.